The molecule has 0 radical (unpaired) electrons. The van der Waals surface area contributed by atoms with E-state index in [2.05, 4.69) is 6.07 Å². The van der Waals surface area contributed by atoms with E-state index in [1.807, 2.05) is 53.8 Å². The highest BCUT2D eigenvalue weighted by Gasteiger charge is 2.23. The summed E-state index contributed by atoms with van der Waals surface area (Å²) in [6.07, 6.45) is 0. The zero-order valence-corrected chi connectivity index (χ0v) is 11.3. The minimum Gasteiger partial charge on any atom is -0.337 e. The van der Waals surface area contributed by atoms with Crippen LogP contribution in [0.25, 0.3) is 0 Å². The van der Waals surface area contributed by atoms with E-state index in [0.29, 0.717) is 0 Å². The summed E-state index contributed by atoms with van der Waals surface area (Å²) in [4.78, 5) is 13.2. The Labute approximate surface area is 99.3 Å². The van der Waals surface area contributed by atoms with Gasteiger partial charge in [0.2, 0.25) is 0 Å². The van der Waals surface area contributed by atoms with Crippen LogP contribution in [0.2, 0.25) is 0 Å². The van der Waals surface area contributed by atoms with Crippen LogP contribution in [0.4, 0.5) is 0 Å². The third kappa shape index (κ3) is 3.09. The highest BCUT2D eigenvalue weighted by Crippen LogP contribution is 2.21. The lowest BCUT2D eigenvalue weighted by atomic mass is 10.1. The Morgan fingerprint density at radius 3 is 2.25 bits per heavy atom. The lowest BCUT2D eigenvalue weighted by Crippen LogP contribution is -2.17. The predicted molar refractivity (Wildman–Crippen MR) is 69.7 cm³/mol. The summed E-state index contributed by atoms with van der Waals surface area (Å²) in [6, 6.07) is 5.98. The number of hydrogen-bond donors (Lipinski definition) is 0. The first-order valence-electron chi connectivity index (χ1n) is 6.03. The molecular weight excluding hydrogens is 198 g/mol. The summed E-state index contributed by atoms with van der Waals surface area (Å²) in [5.41, 5.74) is 3.24. The smallest absolute Gasteiger partial charge is 0.254 e. The Bertz CT molecular complexity index is 345. The molecule has 0 bridgehead atoms. The maximum absolute atomic E-state index is 11.4. The number of nitrogens with zero attached hydrogens (tertiary/aromatic N) is 1. The average molecular weight is 221 g/mol. The van der Waals surface area contributed by atoms with Crippen LogP contribution in [0.15, 0.2) is 18.2 Å². The molecular formula is C14H23NO. The van der Waals surface area contributed by atoms with Crippen LogP contribution in [-0.2, 0) is 6.54 Å². The average Bonchev–Trinajstić information content (AvgIpc) is 2.60. The van der Waals surface area contributed by atoms with Crippen molar-refractivity contribution in [2.75, 3.05) is 7.05 Å². The second-order valence-electron chi connectivity index (χ2n) is 3.32. The number of rotatable bonds is 0. The van der Waals surface area contributed by atoms with E-state index < -0.39 is 0 Å². The minimum atomic E-state index is 0.144. The van der Waals surface area contributed by atoms with Gasteiger partial charge in [-0.3, -0.25) is 4.79 Å². The second kappa shape index (κ2) is 7.04. The predicted octanol–water partition coefficient (Wildman–Crippen LogP) is 3.63. The van der Waals surface area contributed by atoms with E-state index in [1.54, 1.807) is 4.90 Å². The van der Waals surface area contributed by atoms with Crippen LogP contribution in [0.1, 0.15) is 49.2 Å². The van der Waals surface area contributed by atoms with Crippen LogP contribution < -0.4 is 0 Å². The Morgan fingerprint density at radius 1 is 1.12 bits per heavy atom. The number of carbonyl (C=O) groups excluding carboxylic acids is 1. The van der Waals surface area contributed by atoms with E-state index in [-0.39, 0.29) is 5.91 Å². The molecule has 1 aromatic rings. The van der Waals surface area contributed by atoms with Gasteiger partial charge in [-0.2, -0.15) is 0 Å². The van der Waals surface area contributed by atoms with Gasteiger partial charge in [0.15, 0.2) is 0 Å². The molecule has 1 aliphatic rings. The minimum absolute atomic E-state index is 0.144. The zero-order chi connectivity index (χ0) is 12.7. The first kappa shape index (κ1) is 14.7. The van der Waals surface area contributed by atoms with Crippen molar-refractivity contribution >= 4 is 5.91 Å². The van der Waals surface area contributed by atoms with Crippen LogP contribution in [0, 0.1) is 6.92 Å². The van der Waals surface area contributed by atoms with Gasteiger partial charge in [0.25, 0.3) is 5.91 Å². The lowest BCUT2D eigenvalue weighted by molar-refractivity contribution is 0.0816. The molecule has 0 fully saturated rings. The topological polar surface area (TPSA) is 20.3 Å². The van der Waals surface area contributed by atoms with E-state index >= 15 is 0 Å². The molecule has 90 valence electrons. The molecule has 0 N–H and O–H groups in total. The van der Waals surface area contributed by atoms with Gasteiger partial charge in [0.05, 0.1) is 0 Å². The van der Waals surface area contributed by atoms with Crippen molar-refractivity contribution in [2.45, 2.75) is 41.2 Å². The highest BCUT2D eigenvalue weighted by atomic mass is 16.2. The van der Waals surface area contributed by atoms with Crippen molar-refractivity contribution in [1.29, 1.82) is 0 Å². The fourth-order valence-electron chi connectivity index (χ4n) is 1.59. The Morgan fingerprint density at radius 2 is 1.69 bits per heavy atom. The second-order valence-corrected chi connectivity index (χ2v) is 3.32. The number of hydrogen-bond acceptors (Lipinski definition) is 1. The van der Waals surface area contributed by atoms with Crippen molar-refractivity contribution < 1.29 is 4.79 Å². The summed E-state index contributed by atoms with van der Waals surface area (Å²) in [5.74, 6) is 0.144. The molecule has 0 unspecified atom stereocenters. The number of carbonyl (C=O) groups is 1. The third-order valence-corrected chi connectivity index (χ3v) is 2.25. The molecule has 0 atom stereocenters. The van der Waals surface area contributed by atoms with Gasteiger partial charge < -0.3 is 4.90 Å². The molecule has 1 amide bonds. The largest absolute Gasteiger partial charge is 0.337 e. The molecule has 2 heteroatoms. The van der Waals surface area contributed by atoms with Crippen molar-refractivity contribution in [3.05, 3.63) is 34.9 Å². The summed E-state index contributed by atoms with van der Waals surface area (Å²) in [6.45, 7) is 10.8. The number of amides is 1. The number of aryl methyl sites for hydroxylation is 1. The molecule has 1 aliphatic heterocycles. The summed E-state index contributed by atoms with van der Waals surface area (Å²) in [5, 5.41) is 0. The first-order chi connectivity index (χ1) is 7.68. The fraction of sp³-hybridized carbons (Fsp3) is 0.500. The van der Waals surface area contributed by atoms with Gasteiger partial charge in [-0.05, 0) is 18.6 Å². The van der Waals surface area contributed by atoms with Crippen molar-refractivity contribution in [3.8, 4) is 0 Å². The van der Waals surface area contributed by atoms with Gasteiger partial charge in [-0.15, -0.1) is 0 Å². The molecule has 0 spiro atoms. The third-order valence-electron chi connectivity index (χ3n) is 2.25. The summed E-state index contributed by atoms with van der Waals surface area (Å²) in [7, 11) is 1.83. The van der Waals surface area contributed by atoms with E-state index in [4.69, 9.17) is 0 Å². The van der Waals surface area contributed by atoms with Crippen molar-refractivity contribution in [2.24, 2.45) is 0 Å². The van der Waals surface area contributed by atoms with E-state index in [1.165, 1.54) is 5.56 Å². The molecule has 16 heavy (non-hydrogen) atoms. The summed E-state index contributed by atoms with van der Waals surface area (Å²) >= 11 is 0. The molecule has 0 aliphatic carbocycles. The van der Waals surface area contributed by atoms with Gasteiger partial charge in [-0.25, -0.2) is 0 Å². The van der Waals surface area contributed by atoms with E-state index in [0.717, 1.165) is 17.7 Å². The molecule has 1 heterocycles. The lowest BCUT2D eigenvalue weighted by Gasteiger charge is -2.04. The number of fused-ring (bicyclic) bond motifs is 1. The molecule has 1 aromatic carbocycles. The number of benzene rings is 1. The molecule has 0 saturated carbocycles. The Kier molecular flexibility index (Phi) is 6.47. The van der Waals surface area contributed by atoms with Crippen LogP contribution in [-0.4, -0.2) is 17.9 Å². The summed E-state index contributed by atoms with van der Waals surface area (Å²) < 4.78 is 0. The molecule has 0 aromatic heterocycles. The highest BCUT2D eigenvalue weighted by molar-refractivity contribution is 5.98. The van der Waals surface area contributed by atoms with Crippen LogP contribution in [0.3, 0.4) is 0 Å². The maximum atomic E-state index is 11.4. The Hall–Kier alpha value is -1.31. The van der Waals surface area contributed by atoms with Gasteiger partial charge >= 0.3 is 0 Å². The van der Waals surface area contributed by atoms with Gasteiger partial charge in [-0.1, -0.05) is 45.4 Å². The zero-order valence-electron chi connectivity index (χ0n) is 11.3. The standard InChI is InChI=1S/C10H11NO.2C2H6/c1-7-3-4-9-8(5-7)6-11(2)10(9)12;2*1-2/h3-5H,6H2,1-2H3;2*1-2H3. The van der Waals surface area contributed by atoms with Crippen molar-refractivity contribution in [3.63, 3.8) is 0 Å². The molecule has 0 saturated heterocycles. The monoisotopic (exact) mass is 221 g/mol. The SMILES string of the molecule is CC.CC.Cc1ccc2c(c1)CN(C)C2=O. The molecule has 2 rings (SSSR count). The van der Waals surface area contributed by atoms with E-state index in [9.17, 15) is 4.79 Å². The fourth-order valence-corrected chi connectivity index (χ4v) is 1.59. The quantitative estimate of drug-likeness (QED) is 0.655. The Balaban J connectivity index is 0.000000509. The van der Waals surface area contributed by atoms with Crippen LogP contribution in [0.5, 0.6) is 0 Å². The van der Waals surface area contributed by atoms with Gasteiger partial charge in [0, 0.05) is 19.2 Å². The normalized spacial score (nSPS) is 12.1. The molecule has 2 nitrogen and oxygen atoms in total. The van der Waals surface area contributed by atoms with Gasteiger partial charge in [0.1, 0.15) is 0 Å². The van der Waals surface area contributed by atoms with Crippen molar-refractivity contribution in [1.82, 2.24) is 4.90 Å². The maximum Gasteiger partial charge on any atom is 0.254 e. The van der Waals surface area contributed by atoms with Crippen LogP contribution >= 0.6 is 0 Å². The first-order valence-corrected chi connectivity index (χ1v) is 6.03.